The van der Waals surface area contributed by atoms with E-state index in [1.54, 1.807) is 0 Å². The predicted octanol–water partition coefficient (Wildman–Crippen LogP) is 7.63. The first-order valence-electron chi connectivity index (χ1n) is 15.3. The van der Waals surface area contributed by atoms with E-state index in [1.165, 1.54) is 116 Å². The molecule has 0 heterocycles. The van der Waals surface area contributed by atoms with E-state index in [1.807, 2.05) is 0 Å². The molecule has 1 aliphatic rings. The molecule has 0 aromatic heterocycles. The van der Waals surface area contributed by atoms with Gasteiger partial charge in [-0.25, -0.2) is 0 Å². The van der Waals surface area contributed by atoms with Crippen LogP contribution in [0.1, 0.15) is 149 Å². The molecule has 2 N–H and O–H groups in total. The molecule has 0 radical (unpaired) electrons. The van der Waals surface area contributed by atoms with Gasteiger partial charge >= 0.3 is 0 Å². The Bertz CT molecular complexity index is 437. The molecule has 0 bridgehead atoms. The Hall–Kier alpha value is -0.610. The SMILES string of the molecule is CCCCCCCCC(CCCCCCCC)CC(=O)NCCCCCN(CCO)C1CCC1. The van der Waals surface area contributed by atoms with Crippen LogP contribution in [-0.4, -0.2) is 48.2 Å². The van der Waals surface area contributed by atoms with Gasteiger partial charge in [-0.1, -0.05) is 104 Å². The van der Waals surface area contributed by atoms with E-state index >= 15 is 0 Å². The van der Waals surface area contributed by atoms with Gasteiger partial charge in [0.2, 0.25) is 5.91 Å². The number of carbonyl (C=O) groups is 1. The Kier molecular flexibility index (Phi) is 21.1. The smallest absolute Gasteiger partial charge is 0.220 e. The minimum atomic E-state index is 0.269. The minimum absolute atomic E-state index is 0.269. The fourth-order valence-corrected chi connectivity index (χ4v) is 5.31. The first-order valence-corrected chi connectivity index (χ1v) is 15.3. The molecule has 34 heavy (non-hydrogen) atoms. The van der Waals surface area contributed by atoms with Crippen LogP contribution < -0.4 is 5.32 Å². The summed E-state index contributed by atoms with van der Waals surface area (Å²) in [5.74, 6) is 0.852. The molecule has 0 aromatic rings. The van der Waals surface area contributed by atoms with Crippen LogP contribution >= 0.6 is 0 Å². The van der Waals surface area contributed by atoms with Crippen LogP contribution in [0, 0.1) is 5.92 Å². The van der Waals surface area contributed by atoms with Crippen LogP contribution in [0.5, 0.6) is 0 Å². The Morgan fingerprint density at radius 3 is 1.88 bits per heavy atom. The summed E-state index contributed by atoms with van der Waals surface area (Å²) in [6.07, 6.45) is 26.6. The molecule has 0 spiro atoms. The molecule has 1 aliphatic carbocycles. The van der Waals surface area contributed by atoms with Crippen molar-refractivity contribution >= 4 is 5.91 Å². The average Bonchev–Trinajstić information content (AvgIpc) is 2.79. The van der Waals surface area contributed by atoms with Crippen molar-refractivity contribution in [1.29, 1.82) is 0 Å². The second-order valence-corrected chi connectivity index (χ2v) is 10.9. The fraction of sp³-hybridized carbons (Fsp3) is 0.967. The summed E-state index contributed by atoms with van der Waals surface area (Å²) in [4.78, 5) is 15.1. The highest BCUT2D eigenvalue weighted by molar-refractivity contribution is 5.76. The number of rotatable bonds is 25. The zero-order chi connectivity index (χ0) is 24.7. The topological polar surface area (TPSA) is 52.6 Å². The summed E-state index contributed by atoms with van der Waals surface area (Å²) < 4.78 is 0. The van der Waals surface area contributed by atoms with E-state index in [4.69, 9.17) is 0 Å². The Balaban J connectivity index is 2.18. The van der Waals surface area contributed by atoms with Crippen molar-refractivity contribution in [2.24, 2.45) is 5.92 Å². The maximum atomic E-state index is 12.6. The third-order valence-corrected chi connectivity index (χ3v) is 7.83. The van der Waals surface area contributed by atoms with Gasteiger partial charge in [0.1, 0.15) is 0 Å². The fourth-order valence-electron chi connectivity index (χ4n) is 5.31. The van der Waals surface area contributed by atoms with Crippen molar-refractivity contribution in [3.63, 3.8) is 0 Å². The number of hydrogen-bond donors (Lipinski definition) is 2. The van der Waals surface area contributed by atoms with Crippen LogP contribution in [0.15, 0.2) is 0 Å². The average molecular weight is 481 g/mol. The molecule has 202 valence electrons. The predicted molar refractivity (Wildman–Crippen MR) is 147 cm³/mol. The summed E-state index contributed by atoms with van der Waals surface area (Å²) in [7, 11) is 0. The van der Waals surface area contributed by atoms with Crippen LogP contribution in [0.3, 0.4) is 0 Å². The van der Waals surface area contributed by atoms with Crippen molar-refractivity contribution in [3.05, 3.63) is 0 Å². The van der Waals surface area contributed by atoms with Crippen LogP contribution in [-0.2, 0) is 4.79 Å². The summed E-state index contributed by atoms with van der Waals surface area (Å²) in [5.41, 5.74) is 0. The number of unbranched alkanes of at least 4 members (excludes halogenated alkanes) is 12. The van der Waals surface area contributed by atoms with E-state index in [0.717, 1.165) is 38.9 Å². The van der Waals surface area contributed by atoms with Gasteiger partial charge in [-0.15, -0.1) is 0 Å². The number of nitrogens with one attached hydrogen (secondary N) is 1. The quantitative estimate of drug-likeness (QED) is 0.132. The third-order valence-electron chi connectivity index (χ3n) is 7.83. The monoisotopic (exact) mass is 480 g/mol. The van der Waals surface area contributed by atoms with Crippen LogP contribution in [0.2, 0.25) is 0 Å². The molecule has 0 atom stereocenters. The highest BCUT2D eigenvalue weighted by Gasteiger charge is 2.23. The van der Waals surface area contributed by atoms with E-state index in [-0.39, 0.29) is 12.5 Å². The molecular weight excluding hydrogens is 420 g/mol. The molecule has 4 nitrogen and oxygen atoms in total. The second-order valence-electron chi connectivity index (χ2n) is 10.9. The van der Waals surface area contributed by atoms with Gasteiger partial charge in [0, 0.05) is 25.6 Å². The van der Waals surface area contributed by atoms with Crippen molar-refractivity contribution < 1.29 is 9.90 Å². The summed E-state index contributed by atoms with van der Waals surface area (Å²) in [5, 5.41) is 12.5. The number of hydrogen-bond acceptors (Lipinski definition) is 3. The lowest BCUT2D eigenvalue weighted by molar-refractivity contribution is -0.122. The van der Waals surface area contributed by atoms with Gasteiger partial charge in [0.25, 0.3) is 0 Å². The number of amides is 1. The molecule has 1 amide bonds. The Morgan fingerprint density at radius 1 is 0.794 bits per heavy atom. The molecule has 4 heteroatoms. The molecule has 0 saturated heterocycles. The second kappa shape index (κ2) is 22.8. The van der Waals surface area contributed by atoms with Gasteiger partial charge in [-0.2, -0.15) is 0 Å². The summed E-state index contributed by atoms with van der Waals surface area (Å²) >= 11 is 0. The normalized spacial score (nSPS) is 14.1. The lowest BCUT2D eigenvalue weighted by Crippen LogP contribution is -2.42. The molecule has 0 aliphatic heterocycles. The maximum Gasteiger partial charge on any atom is 0.220 e. The third kappa shape index (κ3) is 16.9. The molecule has 1 saturated carbocycles. The Labute approximate surface area is 213 Å². The molecule has 1 rings (SSSR count). The highest BCUT2D eigenvalue weighted by atomic mass is 16.3. The lowest BCUT2D eigenvalue weighted by atomic mass is 9.91. The van der Waals surface area contributed by atoms with Crippen molar-refractivity contribution in [2.45, 2.75) is 155 Å². The highest BCUT2D eigenvalue weighted by Crippen LogP contribution is 2.25. The van der Waals surface area contributed by atoms with E-state index in [2.05, 4.69) is 24.1 Å². The molecule has 0 aromatic carbocycles. The van der Waals surface area contributed by atoms with Crippen LogP contribution in [0.25, 0.3) is 0 Å². The number of aliphatic hydroxyl groups excluding tert-OH is 1. The van der Waals surface area contributed by atoms with Gasteiger partial charge in [-0.3, -0.25) is 9.69 Å². The number of nitrogens with zero attached hydrogens (tertiary/aromatic N) is 1. The van der Waals surface area contributed by atoms with E-state index in [9.17, 15) is 9.90 Å². The first-order chi connectivity index (χ1) is 16.7. The van der Waals surface area contributed by atoms with Gasteiger partial charge < -0.3 is 10.4 Å². The van der Waals surface area contributed by atoms with Crippen molar-refractivity contribution in [2.75, 3.05) is 26.2 Å². The standard InChI is InChI=1S/C30H60N2O2/c1-3-5-7-9-11-14-19-28(20-15-12-10-8-6-4-2)27-30(34)31-23-16-13-17-24-32(25-26-33)29-21-18-22-29/h28-29,33H,3-27H2,1-2H3,(H,31,34). The van der Waals surface area contributed by atoms with Crippen molar-refractivity contribution in [3.8, 4) is 0 Å². The molecular formula is C30H60N2O2. The largest absolute Gasteiger partial charge is 0.395 e. The van der Waals surface area contributed by atoms with Gasteiger partial charge in [-0.05, 0) is 51.0 Å². The number of aliphatic hydroxyl groups is 1. The molecule has 0 unspecified atom stereocenters. The van der Waals surface area contributed by atoms with Gasteiger partial charge in [0.15, 0.2) is 0 Å². The first kappa shape index (κ1) is 31.4. The molecule has 1 fully saturated rings. The lowest BCUT2D eigenvalue weighted by Gasteiger charge is -2.37. The summed E-state index contributed by atoms with van der Waals surface area (Å²) in [6, 6.07) is 0.710. The van der Waals surface area contributed by atoms with Crippen molar-refractivity contribution in [1.82, 2.24) is 10.2 Å². The minimum Gasteiger partial charge on any atom is -0.395 e. The zero-order valence-electron chi connectivity index (χ0n) is 23.1. The van der Waals surface area contributed by atoms with E-state index in [0.29, 0.717) is 12.0 Å². The summed E-state index contributed by atoms with van der Waals surface area (Å²) in [6.45, 7) is 7.55. The number of carbonyl (C=O) groups excluding carboxylic acids is 1. The van der Waals surface area contributed by atoms with Crippen LogP contribution in [0.4, 0.5) is 0 Å². The Morgan fingerprint density at radius 2 is 1.35 bits per heavy atom. The van der Waals surface area contributed by atoms with Gasteiger partial charge in [0.05, 0.1) is 6.61 Å². The maximum absolute atomic E-state index is 12.6. The zero-order valence-corrected chi connectivity index (χ0v) is 23.1. The van der Waals surface area contributed by atoms with E-state index < -0.39 is 0 Å².